The highest BCUT2D eigenvalue weighted by atomic mass is 35.5. The first-order chi connectivity index (χ1) is 6.87. The fraction of sp³-hybridized carbons (Fsp3) is 0.444. The minimum atomic E-state index is -0.593. The number of carbonyl (C=O) groups is 1. The standard InChI is InChI=1S/C9H12ClN3O2/c1-9(2,3)15-8(14)13-7-11-4-6(10)5-12-7/h4-5H,1-3H3,(H,11,12,13,14). The van der Waals surface area contributed by atoms with E-state index < -0.39 is 11.7 Å². The highest BCUT2D eigenvalue weighted by Crippen LogP contribution is 2.09. The van der Waals surface area contributed by atoms with E-state index in [1.807, 2.05) is 0 Å². The fourth-order valence-electron chi connectivity index (χ4n) is 0.772. The molecule has 6 heteroatoms. The summed E-state index contributed by atoms with van der Waals surface area (Å²) in [6, 6.07) is 0. The number of aromatic nitrogens is 2. The predicted molar refractivity (Wildman–Crippen MR) is 56.9 cm³/mol. The lowest BCUT2D eigenvalue weighted by Crippen LogP contribution is -2.27. The lowest BCUT2D eigenvalue weighted by Gasteiger charge is -2.19. The Kier molecular flexibility index (Phi) is 3.47. The number of ether oxygens (including phenoxy) is 1. The first-order valence-electron chi connectivity index (χ1n) is 4.34. The molecule has 1 rings (SSSR count). The summed E-state index contributed by atoms with van der Waals surface area (Å²) in [4.78, 5) is 18.9. The third-order valence-electron chi connectivity index (χ3n) is 1.23. The highest BCUT2D eigenvalue weighted by molar-refractivity contribution is 6.30. The van der Waals surface area contributed by atoms with Crippen molar-refractivity contribution >= 4 is 23.6 Å². The van der Waals surface area contributed by atoms with Crippen LogP contribution in [-0.2, 0) is 4.74 Å². The first kappa shape index (κ1) is 11.7. The highest BCUT2D eigenvalue weighted by Gasteiger charge is 2.16. The summed E-state index contributed by atoms with van der Waals surface area (Å²) in [6.45, 7) is 5.32. The van der Waals surface area contributed by atoms with Crippen molar-refractivity contribution in [2.75, 3.05) is 5.32 Å². The topological polar surface area (TPSA) is 64.1 Å². The van der Waals surface area contributed by atoms with Crippen LogP contribution < -0.4 is 5.32 Å². The van der Waals surface area contributed by atoms with E-state index in [9.17, 15) is 4.79 Å². The maximum Gasteiger partial charge on any atom is 0.414 e. The summed E-state index contributed by atoms with van der Waals surface area (Å²) in [5.74, 6) is 0.161. The number of nitrogens with one attached hydrogen (secondary N) is 1. The third-order valence-corrected chi connectivity index (χ3v) is 1.43. The Morgan fingerprint density at radius 2 is 1.93 bits per heavy atom. The molecule has 0 bridgehead atoms. The second kappa shape index (κ2) is 4.44. The molecule has 0 radical (unpaired) electrons. The van der Waals surface area contributed by atoms with Crippen molar-refractivity contribution in [1.82, 2.24) is 9.97 Å². The average Bonchev–Trinajstić information content (AvgIpc) is 2.05. The molecule has 0 spiro atoms. The summed E-state index contributed by atoms with van der Waals surface area (Å²) in [7, 11) is 0. The maximum atomic E-state index is 11.3. The predicted octanol–water partition coefficient (Wildman–Crippen LogP) is 2.48. The zero-order valence-corrected chi connectivity index (χ0v) is 9.50. The van der Waals surface area contributed by atoms with Crippen LogP contribution in [0.15, 0.2) is 12.4 Å². The van der Waals surface area contributed by atoms with Crippen molar-refractivity contribution in [2.45, 2.75) is 26.4 Å². The second-order valence-electron chi connectivity index (χ2n) is 3.85. The molecular weight excluding hydrogens is 218 g/mol. The second-order valence-corrected chi connectivity index (χ2v) is 4.29. The van der Waals surface area contributed by atoms with Crippen LogP contribution >= 0.6 is 11.6 Å². The molecule has 0 aliphatic carbocycles. The molecule has 1 heterocycles. The molecule has 0 saturated heterocycles. The van der Waals surface area contributed by atoms with E-state index >= 15 is 0 Å². The van der Waals surface area contributed by atoms with E-state index in [-0.39, 0.29) is 5.95 Å². The van der Waals surface area contributed by atoms with Crippen molar-refractivity contribution in [1.29, 1.82) is 0 Å². The van der Waals surface area contributed by atoms with Gasteiger partial charge in [-0.1, -0.05) is 11.6 Å². The van der Waals surface area contributed by atoms with Crippen LogP contribution in [0, 0.1) is 0 Å². The number of hydrogen-bond acceptors (Lipinski definition) is 4. The molecule has 0 unspecified atom stereocenters. The van der Waals surface area contributed by atoms with E-state index in [0.29, 0.717) is 5.02 Å². The van der Waals surface area contributed by atoms with Crippen LogP contribution in [0.3, 0.4) is 0 Å². The molecule has 1 N–H and O–H groups in total. The van der Waals surface area contributed by atoms with E-state index in [4.69, 9.17) is 16.3 Å². The molecule has 82 valence electrons. The number of halogens is 1. The van der Waals surface area contributed by atoms with Crippen molar-refractivity contribution in [3.8, 4) is 0 Å². The minimum Gasteiger partial charge on any atom is -0.444 e. The van der Waals surface area contributed by atoms with Crippen LogP contribution in [0.25, 0.3) is 0 Å². The first-order valence-corrected chi connectivity index (χ1v) is 4.72. The van der Waals surface area contributed by atoms with Crippen LogP contribution in [0.1, 0.15) is 20.8 Å². The number of carbonyl (C=O) groups excluding carboxylic acids is 1. The molecule has 0 aromatic carbocycles. The van der Waals surface area contributed by atoms with Gasteiger partial charge in [-0.05, 0) is 20.8 Å². The van der Waals surface area contributed by atoms with Crippen LogP contribution in [0.2, 0.25) is 5.02 Å². The van der Waals surface area contributed by atoms with Gasteiger partial charge in [-0.15, -0.1) is 0 Å². The van der Waals surface area contributed by atoms with E-state index in [0.717, 1.165) is 0 Å². The van der Waals surface area contributed by atoms with Gasteiger partial charge in [0.2, 0.25) is 5.95 Å². The normalized spacial score (nSPS) is 10.9. The maximum absolute atomic E-state index is 11.3. The molecular formula is C9H12ClN3O2. The molecule has 0 saturated carbocycles. The number of rotatable bonds is 1. The smallest absolute Gasteiger partial charge is 0.414 e. The summed E-state index contributed by atoms with van der Waals surface area (Å²) in [5.41, 5.74) is -0.545. The molecule has 0 aliphatic rings. The van der Waals surface area contributed by atoms with Gasteiger partial charge in [0.1, 0.15) is 5.60 Å². The molecule has 0 atom stereocenters. The Labute approximate surface area is 92.8 Å². The lowest BCUT2D eigenvalue weighted by atomic mass is 10.2. The van der Waals surface area contributed by atoms with Crippen molar-refractivity contribution in [3.63, 3.8) is 0 Å². The van der Waals surface area contributed by atoms with E-state index in [1.165, 1.54) is 12.4 Å². The lowest BCUT2D eigenvalue weighted by molar-refractivity contribution is 0.0634. The van der Waals surface area contributed by atoms with Gasteiger partial charge in [-0.2, -0.15) is 0 Å². The van der Waals surface area contributed by atoms with E-state index in [1.54, 1.807) is 20.8 Å². The molecule has 1 aromatic rings. The van der Waals surface area contributed by atoms with Crippen LogP contribution in [0.4, 0.5) is 10.7 Å². The number of nitrogens with zero attached hydrogens (tertiary/aromatic N) is 2. The molecule has 1 aromatic heterocycles. The Morgan fingerprint density at radius 1 is 1.40 bits per heavy atom. The third kappa shape index (κ3) is 4.60. The Bertz CT molecular complexity index is 345. The van der Waals surface area contributed by atoms with Gasteiger partial charge in [0.05, 0.1) is 17.4 Å². The number of hydrogen-bond donors (Lipinski definition) is 1. The summed E-state index contributed by atoms with van der Waals surface area (Å²) < 4.78 is 5.01. The molecule has 15 heavy (non-hydrogen) atoms. The van der Waals surface area contributed by atoms with Crippen LogP contribution in [-0.4, -0.2) is 21.7 Å². The van der Waals surface area contributed by atoms with Gasteiger partial charge >= 0.3 is 6.09 Å². The summed E-state index contributed by atoms with van der Waals surface area (Å²) in [6.07, 6.45) is 2.19. The number of amides is 1. The Hall–Kier alpha value is -1.36. The van der Waals surface area contributed by atoms with Gasteiger partial charge < -0.3 is 4.74 Å². The molecule has 1 amide bonds. The van der Waals surface area contributed by atoms with Crippen molar-refractivity contribution in [3.05, 3.63) is 17.4 Å². The average molecular weight is 230 g/mol. The summed E-state index contributed by atoms with van der Waals surface area (Å²) in [5, 5.41) is 2.79. The number of anilines is 1. The van der Waals surface area contributed by atoms with Gasteiger partial charge in [-0.3, -0.25) is 5.32 Å². The van der Waals surface area contributed by atoms with Gasteiger partial charge in [-0.25, -0.2) is 14.8 Å². The Balaban J connectivity index is 2.55. The Morgan fingerprint density at radius 3 is 2.40 bits per heavy atom. The molecule has 5 nitrogen and oxygen atoms in total. The molecule has 0 fully saturated rings. The van der Waals surface area contributed by atoms with E-state index in [2.05, 4.69) is 15.3 Å². The monoisotopic (exact) mass is 229 g/mol. The minimum absolute atomic E-state index is 0.161. The zero-order chi connectivity index (χ0) is 11.5. The summed E-state index contributed by atoms with van der Waals surface area (Å²) >= 11 is 5.59. The largest absolute Gasteiger partial charge is 0.444 e. The zero-order valence-electron chi connectivity index (χ0n) is 8.74. The van der Waals surface area contributed by atoms with Gasteiger partial charge in [0, 0.05) is 0 Å². The quantitative estimate of drug-likeness (QED) is 0.804. The van der Waals surface area contributed by atoms with Gasteiger partial charge in [0.25, 0.3) is 0 Å². The fourth-order valence-corrected chi connectivity index (χ4v) is 0.869. The van der Waals surface area contributed by atoms with Crippen molar-refractivity contribution < 1.29 is 9.53 Å². The SMILES string of the molecule is CC(C)(C)OC(=O)Nc1ncc(Cl)cn1. The van der Waals surface area contributed by atoms with Gasteiger partial charge in [0.15, 0.2) is 0 Å². The van der Waals surface area contributed by atoms with Crippen molar-refractivity contribution in [2.24, 2.45) is 0 Å². The van der Waals surface area contributed by atoms with Crippen LogP contribution in [0.5, 0.6) is 0 Å². The molecule has 0 aliphatic heterocycles.